The molecule has 1 aromatic carbocycles. The normalized spacial score (nSPS) is 22.8. The minimum absolute atomic E-state index is 0.202. The molecule has 0 bridgehead atoms. The van der Waals surface area contributed by atoms with Crippen LogP contribution in [0.1, 0.15) is 50.7 Å². The molecular formula is C16H20O3. The fraction of sp³-hybridized carbons (Fsp3) is 0.562. The molecule has 1 aliphatic heterocycles. The van der Waals surface area contributed by atoms with Gasteiger partial charge in [-0.15, -0.1) is 0 Å². The number of carboxylic acids is 1. The number of para-hydroxylation sites is 1. The van der Waals surface area contributed by atoms with Crippen LogP contribution in [0.2, 0.25) is 0 Å². The molecule has 0 amide bonds. The van der Waals surface area contributed by atoms with Crippen LogP contribution >= 0.6 is 0 Å². The van der Waals surface area contributed by atoms with Gasteiger partial charge in [0.05, 0.1) is 5.41 Å². The second-order valence-corrected chi connectivity index (χ2v) is 6.40. The van der Waals surface area contributed by atoms with Gasteiger partial charge in [-0.3, -0.25) is 4.79 Å². The zero-order valence-corrected chi connectivity index (χ0v) is 11.5. The summed E-state index contributed by atoms with van der Waals surface area (Å²) < 4.78 is 6.12. The van der Waals surface area contributed by atoms with E-state index in [0.29, 0.717) is 0 Å². The van der Waals surface area contributed by atoms with Crippen LogP contribution in [-0.4, -0.2) is 16.7 Å². The van der Waals surface area contributed by atoms with Gasteiger partial charge in [0.15, 0.2) is 0 Å². The monoisotopic (exact) mass is 260 g/mol. The molecule has 1 heterocycles. The van der Waals surface area contributed by atoms with Gasteiger partial charge in [0.25, 0.3) is 0 Å². The minimum Gasteiger partial charge on any atom is -0.487 e. The summed E-state index contributed by atoms with van der Waals surface area (Å²) in [6.45, 7) is 4.14. The molecule has 1 fully saturated rings. The molecular weight excluding hydrogens is 240 g/mol. The first-order valence-corrected chi connectivity index (χ1v) is 6.99. The van der Waals surface area contributed by atoms with Gasteiger partial charge < -0.3 is 9.84 Å². The average molecular weight is 260 g/mol. The fourth-order valence-electron chi connectivity index (χ4n) is 3.17. The first-order chi connectivity index (χ1) is 8.95. The van der Waals surface area contributed by atoms with E-state index in [1.807, 2.05) is 12.1 Å². The summed E-state index contributed by atoms with van der Waals surface area (Å²) in [5.41, 5.74) is 1.13. The van der Waals surface area contributed by atoms with Gasteiger partial charge in [0, 0.05) is 5.56 Å². The topological polar surface area (TPSA) is 46.5 Å². The van der Waals surface area contributed by atoms with Gasteiger partial charge in [0.2, 0.25) is 0 Å². The lowest BCUT2D eigenvalue weighted by atomic mass is 9.63. The highest BCUT2D eigenvalue weighted by Crippen LogP contribution is 2.50. The predicted molar refractivity (Wildman–Crippen MR) is 72.6 cm³/mol. The summed E-state index contributed by atoms with van der Waals surface area (Å²) in [5.74, 6) is 0.125. The van der Waals surface area contributed by atoms with E-state index >= 15 is 0 Å². The Morgan fingerprint density at radius 2 is 2.00 bits per heavy atom. The van der Waals surface area contributed by atoms with Crippen molar-refractivity contribution in [1.82, 2.24) is 0 Å². The van der Waals surface area contributed by atoms with E-state index < -0.39 is 11.4 Å². The van der Waals surface area contributed by atoms with Crippen LogP contribution in [-0.2, 0) is 16.6 Å². The maximum absolute atomic E-state index is 11.7. The molecule has 2 aliphatic rings. The van der Waals surface area contributed by atoms with E-state index in [9.17, 15) is 9.90 Å². The largest absolute Gasteiger partial charge is 0.487 e. The lowest BCUT2D eigenvalue weighted by Crippen LogP contribution is -2.44. The summed E-state index contributed by atoms with van der Waals surface area (Å²) in [6, 6.07) is 5.97. The van der Waals surface area contributed by atoms with E-state index in [0.717, 1.165) is 49.0 Å². The predicted octanol–water partition coefficient (Wildman–Crippen LogP) is 3.30. The van der Waals surface area contributed by atoms with E-state index in [1.165, 1.54) is 0 Å². The van der Waals surface area contributed by atoms with Crippen LogP contribution in [0.15, 0.2) is 18.2 Å². The van der Waals surface area contributed by atoms with Crippen molar-refractivity contribution in [3.05, 3.63) is 29.3 Å². The van der Waals surface area contributed by atoms with Crippen LogP contribution < -0.4 is 4.74 Å². The number of hydrogen-bond donors (Lipinski definition) is 1. The number of aliphatic carboxylic acids is 1. The van der Waals surface area contributed by atoms with Crippen LogP contribution in [0.25, 0.3) is 0 Å². The first-order valence-electron chi connectivity index (χ1n) is 6.99. The van der Waals surface area contributed by atoms with E-state index in [-0.39, 0.29) is 5.60 Å². The fourth-order valence-corrected chi connectivity index (χ4v) is 3.17. The Bertz CT molecular complexity index is 527. The second-order valence-electron chi connectivity index (χ2n) is 6.40. The van der Waals surface area contributed by atoms with Gasteiger partial charge in [-0.25, -0.2) is 0 Å². The number of fused-ring (bicyclic) bond motifs is 1. The van der Waals surface area contributed by atoms with Crippen LogP contribution in [0.4, 0.5) is 0 Å². The molecule has 0 aromatic heterocycles. The highest BCUT2D eigenvalue weighted by atomic mass is 16.5. The number of benzene rings is 1. The Kier molecular flexibility index (Phi) is 2.63. The Morgan fingerprint density at radius 1 is 1.26 bits per heavy atom. The van der Waals surface area contributed by atoms with Crippen molar-refractivity contribution >= 4 is 5.97 Å². The second kappa shape index (κ2) is 3.99. The Hall–Kier alpha value is -1.51. The molecule has 0 unspecified atom stereocenters. The summed E-state index contributed by atoms with van der Waals surface area (Å²) in [5, 5.41) is 9.61. The maximum Gasteiger partial charge on any atom is 0.314 e. The van der Waals surface area contributed by atoms with E-state index in [1.54, 1.807) is 0 Å². The summed E-state index contributed by atoms with van der Waals surface area (Å²) in [6.07, 6.45) is 4.37. The van der Waals surface area contributed by atoms with Gasteiger partial charge in [-0.2, -0.15) is 0 Å². The minimum atomic E-state index is -0.710. The van der Waals surface area contributed by atoms with E-state index in [2.05, 4.69) is 19.9 Å². The van der Waals surface area contributed by atoms with Crippen molar-refractivity contribution in [2.75, 3.05) is 0 Å². The Morgan fingerprint density at radius 3 is 2.58 bits per heavy atom. The third-order valence-corrected chi connectivity index (χ3v) is 4.60. The summed E-state index contributed by atoms with van der Waals surface area (Å²) in [7, 11) is 0. The Labute approximate surface area is 113 Å². The third-order valence-electron chi connectivity index (χ3n) is 4.60. The number of hydrogen-bond acceptors (Lipinski definition) is 2. The molecule has 1 N–H and O–H groups in total. The zero-order chi connectivity index (χ0) is 13.7. The van der Waals surface area contributed by atoms with Crippen LogP contribution in [0.5, 0.6) is 5.75 Å². The molecule has 3 nitrogen and oxygen atoms in total. The van der Waals surface area contributed by atoms with Crippen molar-refractivity contribution < 1.29 is 14.6 Å². The van der Waals surface area contributed by atoms with Crippen molar-refractivity contribution in [1.29, 1.82) is 0 Å². The van der Waals surface area contributed by atoms with Crippen molar-refractivity contribution in [2.24, 2.45) is 0 Å². The van der Waals surface area contributed by atoms with Crippen molar-refractivity contribution in [3.63, 3.8) is 0 Å². The van der Waals surface area contributed by atoms with Gasteiger partial charge in [-0.1, -0.05) is 24.6 Å². The summed E-state index contributed by atoms with van der Waals surface area (Å²) in [4.78, 5) is 11.7. The zero-order valence-electron chi connectivity index (χ0n) is 11.5. The van der Waals surface area contributed by atoms with Crippen molar-refractivity contribution in [2.45, 2.75) is 57.0 Å². The molecule has 19 heavy (non-hydrogen) atoms. The maximum atomic E-state index is 11.7. The highest BCUT2D eigenvalue weighted by Gasteiger charge is 2.48. The molecule has 3 heteroatoms. The first kappa shape index (κ1) is 12.5. The lowest BCUT2D eigenvalue weighted by molar-refractivity contribution is -0.147. The third kappa shape index (κ3) is 1.83. The van der Waals surface area contributed by atoms with Crippen molar-refractivity contribution in [3.8, 4) is 5.75 Å². The average Bonchev–Trinajstić information content (AvgIpc) is 2.26. The summed E-state index contributed by atoms with van der Waals surface area (Å²) >= 11 is 0. The molecule has 3 rings (SSSR count). The quantitative estimate of drug-likeness (QED) is 0.887. The smallest absolute Gasteiger partial charge is 0.314 e. The number of carbonyl (C=O) groups is 1. The molecule has 0 saturated heterocycles. The molecule has 0 atom stereocenters. The van der Waals surface area contributed by atoms with Gasteiger partial charge in [-0.05, 0) is 45.1 Å². The number of aryl methyl sites for hydroxylation is 1. The molecule has 1 aliphatic carbocycles. The van der Waals surface area contributed by atoms with Crippen LogP contribution in [0.3, 0.4) is 0 Å². The lowest BCUT2D eigenvalue weighted by Gasteiger charge is -2.42. The van der Waals surface area contributed by atoms with Crippen LogP contribution in [0, 0.1) is 0 Å². The molecule has 0 radical (unpaired) electrons. The molecule has 102 valence electrons. The molecule has 1 aromatic rings. The highest BCUT2D eigenvalue weighted by molar-refractivity contribution is 5.84. The van der Waals surface area contributed by atoms with Gasteiger partial charge in [0.1, 0.15) is 11.4 Å². The standard InChI is InChI=1S/C16H20O3/c1-15(2)10-7-11-5-3-6-12(13(11)19-15)16(14(17)18)8-4-9-16/h3,5-6H,4,7-10H2,1-2H3,(H,17,18). The molecule has 0 spiro atoms. The number of rotatable bonds is 2. The van der Waals surface area contributed by atoms with E-state index in [4.69, 9.17) is 4.74 Å². The molecule has 1 saturated carbocycles. The van der Waals surface area contributed by atoms with Gasteiger partial charge >= 0.3 is 5.97 Å². The number of ether oxygens (including phenoxy) is 1. The Balaban J connectivity index is 2.11. The SMILES string of the molecule is CC1(C)CCc2cccc(C3(C(=O)O)CCC3)c2O1. The number of carboxylic acid groups (broad SMARTS) is 1.